The molecule has 3 rings (SSSR count). The zero-order valence-corrected chi connectivity index (χ0v) is 15.5. The molecule has 0 fully saturated rings. The average Bonchev–Trinajstić information content (AvgIpc) is 3.22. The number of rotatable bonds is 6. The lowest BCUT2D eigenvalue weighted by molar-refractivity contribution is -0.386. The number of thioether (sulfide) groups is 1. The highest BCUT2D eigenvalue weighted by Crippen LogP contribution is 2.25. The van der Waals surface area contributed by atoms with Gasteiger partial charge in [0, 0.05) is 13.2 Å². The summed E-state index contributed by atoms with van der Waals surface area (Å²) in [6.07, 6.45) is 3.35. The van der Waals surface area contributed by atoms with Gasteiger partial charge in [-0.2, -0.15) is 20.0 Å². The third kappa shape index (κ3) is 3.35. The van der Waals surface area contributed by atoms with Crippen LogP contribution in [0.5, 0.6) is 0 Å². The van der Waals surface area contributed by atoms with Crippen molar-refractivity contribution in [3.8, 4) is 0 Å². The van der Waals surface area contributed by atoms with Crippen LogP contribution < -0.4 is 0 Å². The SMILES string of the molecule is Cc1nn(CSc2nnc(C)n2N=Cc2ccnn2C)c(C)c1[N+](=O)[O-]. The summed E-state index contributed by atoms with van der Waals surface area (Å²) < 4.78 is 4.89. The van der Waals surface area contributed by atoms with Gasteiger partial charge in [-0.15, -0.1) is 10.2 Å². The van der Waals surface area contributed by atoms with E-state index in [2.05, 4.69) is 25.5 Å². The quantitative estimate of drug-likeness (QED) is 0.278. The monoisotopic (exact) mass is 375 g/mol. The van der Waals surface area contributed by atoms with E-state index in [1.807, 2.05) is 13.1 Å². The van der Waals surface area contributed by atoms with E-state index in [1.165, 1.54) is 11.8 Å². The van der Waals surface area contributed by atoms with E-state index in [4.69, 9.17) is 0 Å². The minimum atomic E-state index is -0.413. The van der Waals surface area contributed by atoms with Gasteiger partial charge in [-0.05, 0) is 26.8 Å². The third-order valence-corrected chi connectivity index (χ3v) is 4.66. The Morgan fingerprint density at radius 3 is 2.73 bits per heavy atom. The van der Waals surface area contributed by atoms with Crippen LogP contribution in [0.15, 0.2) is 22.5 Å². The first-order valence-corrected chi connectivity index (χ1v) is 8.62. The van der Waals surface area contributed by atoms with Gasteiger partial charge in [0.05, 0.1) is 22.7 Å². The number of aryl methyl sites for hydroxylation is 3. The maximum atomic E-state index is 11.1. The van der Waals surface area contributed by atoms with Crippen molar-refractivity contribution in [2.45, 2.75) is 31.8 Å². The lowest BCUT2D eigenvalue weighted by Crippen LogP contribution is -2.03. The van der Waals surface area contributed by atoms with Crippen LogP contribution in [-0.2, 0) is 12.9 Å². The highest BCUT2D eigenvalue weighted by molar-refractivity contribution is 7.98. The second-order valence-electron chi connectivity index (χ2n) is 5.52. The van der Waals surface area contributed by atoms with E-state index in [9.17, 15) is 10.1 Å². The highest BCUT2D eigenvalue weighted by atomic mass is 32.2. The van der Waals surface area contributed by atoms with Crippen LogP contribution in [0.3, 0.4) is 0 Å². The van der Waals surface area contributed by atoms with Gasteiger partial charge in [0.2, 0.25) is 5.16 Å². The fraction of sp³-hybridized carbons (Fsp3) is 0.357. The van der Waals surface area contributed by atoms with Gasteiger partial charge in [-0.25, -0.2) is 0 Å². The molecule has 0 unspecified atom stereocenters. The van der Waals surface area contributed by atoms with Gasteiger partial charge in [0.1, 0.15) is 11.4 Å². The lowest BCUT2D eigenvalue weighted by atomic mass is 10.3. The van der Waals surface area contributed by atoms with Crippen LogP contribution in [0.4, 0.5) is 5.69 Å². The molecule has 0 saturated carbocycles. The van der Waals surface area contributed by atoms with Gasteiger partial charge < -0.3 is 0 Å². The zero-order valence-electron chi connectivity index (χ0n) is 14.7. The molecule has 12 heteroatoms. The summed E-state index contributed by atoms with van der Waals surface area (Å²) in [4.78, 5) is 10.7. The van der Waals surface area contributed by atoms with Gasteiger partial charge in [-0.3, -0.25) is 19.5 Å². The fourth-order valence-electron chi connectivity index (χ4n) is 2.39. The second-order valence-corrected chi connectivity index (χ2v) is 6.43. The molecule has 3 aromatic rings. The van der Waals surface area contributed by atoms with Gasteiger partial charge in [0.25, 0.3) is 0 Å². The average molecular weight is 375 g/mol. The minimum absolute atomic E-state index is 0.0393. The molecule has 0 radical (unpaired) electrons. The van der Waals surface area contributed by atoms with E-state index in [0.717, 1.165) is 5.69 Å². The van der Waals surface area contributed by atoms with Gasteiger partial charge in [-0.1, -0.05) is 11.8 Å². The number of aromatic nitrogens is 7. The van der Waals surface area contributed by atoms with Crippen LogP contribution in [0, 0.1) is 30.9 Å². The maximum Gasteiger partial charge on any atom is 0.312 e. The first-order chi connectivity index (χ1) is 12.4. The van der Waals surface area contributed by atoms with Crippen molar-refractivity contribution in [2.75, 3.05) is 0 Å². The van der Waals surface area contributed by atoms with Gasteiger partial charge >= 0.3 is 5.69 Å². The van der Waals surface area contributed by atoms with E-state index in [-0.39, 0.29) is 5.69 Å². The highest BCUT2D eigenvalue weighted by Gasteiger charge is 2.22. The Morgan fingerprint density at radius 1 is 1.35 bits per heavy atom. The molecule has 26 heavy (non-hydrogen) atoms. The number of nitro groups is 1. The standard InChI is InChI=1S/C14H17N9O2S/c1-9-13(23(24)25)10(2)21(19-9)8-26-14-18-17-11(3)22(14)16-7-12-5-6-15-20(12)4/h5-7H,8H2,1-4H3. The molecule has 0 aromatic carbocycles. The summed E-state index contributed by atoms with van der Waals surface area (Å²) in [5.74, 6) is 0.991. The molecule has 3 heterocycles. The Kier molecular flexibility index (Phi) is 4.84. The number of nitrogens with zero attached hydrogens (tertiary/aromatic N) is 9. The van der Waals surface area contributed by atoms with Crippen LogP contribution in [0.1, 0.15) is 22.9 Å². The smallest absolute Gasteiger partial charge is 0.267 e. The van der Waals surface area contributed by atoms with E-state index in [0.29, 0.717) is 28.2 Å². The van der Waals surface area contributed by atoms with Crippen molar-refractivity contribution >= 4 is 23.7 Å². The second kappa shape index (κ2) is 7.07. The van der Waals surface area contributed by atoms with Crippen LogP contribution in [-0.4, -0.2) is 45.6 Å². The first kappa shape index (κ1) is 17.8. The Hall–Kier alpha value is -3.02. The van der Waals surface area contributed by atoms with E-state index >= 15 is 0 Å². The van der Waals surface area contributed by atoms with Crippen molar-refractivity contribution in [1.82, 2.24) is 34.4 Å². The molecule has 0 aliphatic rings. The minimum Gasteiger partial charge on any atom is -0.267 e. The Morgan fingerprint density at radius 2 is 2.12 bits per heavy atom. The molecular weight excluding hydrogens is 358 g/mol. The molecule has 11 nitrogen and oxygen atoms in total. The summed E-state index contributed by atoms with van der Waals surface area (Å²) in [6, 6.07) is 1.84. The van der Waals surface area contributed by atoms with Gasteiger partial charge in [0.15, 0.2) is 5.82 Å². The Labute approximate surface area is 152 Å². The van der Waals surface area contributed by atoms with Crippen molar-refractivity contribution in [3.63, 3.8) is 0 Å². The molecular formula is C14H17N9O2S. The molecule has 0 saturated heterocycles. The number of hydrogen-bond acceptors (Lipinski definition) is 8. The van der Waals surface area contributed by atoms with Crippen LogP contribution >= 0.6 is 11.8 Å². The van der Waals surface area contributed by atoms with Crippen molar-refractivity contribution in [1.29, 1.82) is 0 Å². The molecule has 0 amide bonds. The molecule has 136 valence electrons. The predicted octanol–water partition coefficient (Wildman–Crippen LogP) is 1.67. The zero-order chi connectivity index (χ0) is 18.8. The summed E-state index contributed by atoms with van der Waals surface area (Å²) in [5.41, 5.74) is 1.77. The number of hydrogen-bond donors (Lipinski definition) is 0. The molecule has 0 aliphatic carbocycles. The lowest BCUT2D eigenvalue weighted by Gasteiger charge is -2.04. The molecule has 0 N–H and O–H groups in total. The summed E-state index contributed by atoms with van der Waals surface area (Å²) in [5, 5.41) is 32.5. The molecule has 3 aromatic heterocycles. The van der Waals surface area contributed by atoms with Crippen LogP contribution in [0.2, 0.25) is 0 Å². The molecule has 0 bridgehead atoms. The predicted molar refractivity (Wildman–Crippen MR) is 95.2 cm³/mol. The van der Waals surface area contributed by atoms with Crippen molar-refractivity contribution < 1.29 is 4.92 Å². The van der Waals surface area contributed by atoms with Crippen molar-refractivity contribution in [2.24, 2.45) is 12.1 Å². The molecule has 0 atom stereocenters. The van der Waals surface area contributed by atoms with Crippen LogP contribution in [0.25, 0.3) is 0 Å². The summed E-state index contributed by atoms with van der Waals surface area (Å²) >= 11 is 1.34. The molecule has 0 spiro atoms. The Balaban J connectivity index is 1.80. The third-order valence-electron chi connectivity index (χ3n) is 3.77. The Bertz CT molecular complexity index is 985. The maximum absolute atomic E-state index is 11.1. The summed E-state index contributed by atoms with van der Waals surface area (Å²) in [6.45, 7) is 5.10. The summed E-state index contributed by atoms with van der Waals surface area (Å²) in [7, 11) is 1.83. The normalized spacial score (nSPS) is 11.5. The molecule has 0 aliphatic heterocycles. The first-order valence-electron chi connectivity index (χ1n) is 7.64. The van der Waals surface area contributed by atoms with E-state index in [1.54, 1.807) is 47.2 Å². The van der Waals surface area contributed by atoms with E-state index < -0.39 is 4.92 Å². The largest absolute Gasteiger partial charge is 0.312 e. The van der Waals surface area contributed by atoms with Crippen molar-refractivity contribution in [3.05, 3.63) is 45.3 Å². The topological polar surface area (TPSA) is 122 Å². The fourth-order valence-corrected chi connectivity index (χ4v) is 3.27.